The molecule has 0 unspecified atom stereocenters. The van der Waals surface area contributed by atoms with Crippen molar-refractivity contribution < 1.29 is 9.53 Å². The maximum absolute atomic E-state index is 11.2. The molecule has 112 valence electrons. The van der Waals surface area contributed by atoms with Crippen LogP contribution in [0, 0.1) is 0 Å². The number of carbonyl (C=O) groups excluding carboxylic acids is 1. The zero-order chi connectivity index (χ0) is 15.5. The van der Waals surface area contributed by atoms with Gasteiger partial charge in [-0.05, 0) is 36.5 Å². The summed E-state index contributed by atoms with van der Waals surface area (Å²) in [5.41, 5.74) is 3.43. The lowest BCUT2D eigenvalue weighted by molar-refractivity contribution is 0.112. The van der Waals surface area contributed by atoms with Crippen LogP contribution in [0.5, 0.6) is 5.75 Å². The van der Waals surface area contributed by atoms with E-state index in [0.717, 1.165) is 24.0 Å². The first kappa shape index (κ1) is 15.3. The minimum Gasteiger partial charge on any atom is -0.493 e. The monoisotopic (exact) mass is 286 g/mol. The molecule has 0 radical (unpaired) electrons. The lowest BCUT2D eigenvalue weighted by Crippen LogP contribution is -2.15. The van der Waals surface area contributed by atoms with Crippen LogP contribution in [0.3, 0.4) is 0 Å². The summed E-state index contributed by atoms with van der Waals surface area (Å²) in [5.74, 6) is 0.764. The molecule has 4 nitrogen and oxygen atoms in total. The molecule has 0 fully saturated rings. The molecule has 1 heterocycles. The van der Waals surface area contributed by atoms with Gasteiger partial charge in [-0.15, -0.1) is 0 Å². The van der Waals surface area contributed by atoms with Crippen LogP contribution >= 0.6 is 0 Å². The number of carbonyl (C=O) groups is 1. The third kappa shape index (κ3) is 2.99. The van der Waals surface area contributed by atoms with Gasteiger partial charge >= 0.3 is 0 Å². The van der Waals surface area contributed by atoms with Crippen molar-refractivity contribution in [2.45, 2.75) is 39.5 Å². The van der Waals surface area contributed by atoms with Gasteiger partial charge in [0.25, 0.3) is 0 Å². The lowest BCUT2D eigenvalue weighted by Gasteiger charge is -2.24. The smallest absolute Gasteiger partial charge is 0.153 e. The Morgan fingerprint density at radius 3 is 2.71 bits per heavy atom. The van der Waals surface area contributed by atoms with Gasteiger partial charge < -0.3 is 4.74 Å². The van der Waals surface area contributed by atoms with Crippen molar-refractivity contribution >= 4 is 6.29 Å². The van der Waals surface area contributed by atoms with Crippen LogP contribution in [-0.4, -0.2) is 23.1 Å². The molecule has 0 bridgehead atoms. The number of nitrogens with zero attached hydrogens (tertiary/aromatic N) is 1. The SMILES string of the molecule is CCOc1ccc(C(C)(C)CC)cc1-c1[nH]ncc1C=O. The van der Waals surface area contributed by atoms with Crippen LogP contribution in [0.4, 0.5) is 0 Å². The van der Waals surface area contributed by atoms with Crippen LogP contribution in [0.15, 0.2) is 24.4 Å². The Bertz CT molecular complexity index is 629. The predicted molar refractivity (Wildman–Crippen MR) is 83.9 cm³/mol. The van der Waals surface area contributed by atoms with E-state index in [1.54, 1.807) is 0 Å². The van der Waals surface area contributed by atoms with Crippen LogP contribution in [-0.2, 0) is 5.41 Å². The van der Waals surface area contributed by atoms with Gasteiger partial charge in [-0.25, -0.2) is 0 Å². The van der Waals surface area contributed by atoms with Crippen molar-refractivity contribution in [3.05, 3.63) is 35.5 Å². The van der Waals surface area contributed by atoms with E-state index in [1.165, 1.54) is 11.8 Å². The van der Waals surface area contributed by atoms with Crippen molar-refractivity contribution in [1.29, 1.82) is 0 Å². The molecule has 0 saturated heterocycles. The van der Waals surface area contributed by atoms with Crippen LogP contribution in [0.1, 0.15) is 50.0 Å². The minimum absolute atomic E-state index is 0.0703. The van der Waals surface area contributed by atoms with Gasteiger partial charge in [0.1, 0.15) is 5.75 Å². The molecule has 1 aromatic heterocycles. The summed E-state index contributed by atoms with van der Waals surface area (Å²) in [7, 11) is 0. The van der Waals surface area contributed by atoms with E-state index in [0.29, 0.717) is 17.9 Å². The zero-order valence-corrected chi connectivity index (χ0v) is 13.1. The second-order valence-electron chi connectivity index (χ2n) is 5.70. The van der Waals surface area contributed by atoms with E-state index in [-0.39, 0.29) is 5.41 Å². The van der Waals surface area contributed by atoms with Crippen molar-refractivity contribution in [3.63, 3.8) is 0 Å². The maximum Gasteiger partial charge on any atom is 0.153 e. The minimum atomic E-state index is 0.0703. The Morgan fingerprint density at radius 1 is 1.33 bits per heavy atom. The van der Waals surface area contributed by atoms with Gasteiger partial charge in [0, 0.05) is 5.56 Å². The first-order valence-electron chi connectivity index (χ1n) is 7.29. The topological polar surface area (TPSA) is 55.0 Å². The van der Waals surface area contributed by atoms with Crippen LogP contribution < -0.4 is 4.74 Å². The highest BCUT2D eigenvalue weighted by atomic mass is 16.5. The number of rotatable bonds is 6. The third-order valence-electron chi connectivity index (χ3n) is 4.01. The summed E-state index contributed by atoms with van der Waals surface area (Å²) in [6, 6.07) is 6.16. The van der Waals surface area contributed by atoms with Gasteiger partial charge in [0.15, 0.2) is 6.29 Å². The molecule has 1 aromatic carbocycles. The van der Waals surface area contributed by atoms with Gasteiger partial charge in [0.05, 0.1) is 24.1 Å². The normalized spacial score (nSPS) is 11.4. The van der Waals surface area contributed by atoms with Gasteiger partial charge in [-0.3, -0.25) is 9.89 Å². The highest BCUT2D eigenvalue weighted by molar-refractivity contribution is 5.87. The maximum atomic E-state index is 11.2. The average Bonchev–Trinajstić information content (AvgIpc) is 2.96. The summed E-state index contributed by atoms with van der Waals surface area (Å²) >= 11 is 0. The van der Waals surface area contributed by atoms with Crippen LogP contribution in [0.2, 0.25) is 0 Å². The van der Waals surface area contributed by atoms with Crippen molar-refractivity contribution in [2.24, 2.45) is 0 Å². The Labute approximate surface area is 125 Å². The number of nitrogens with one attached hydrogen (secondary N) is 1. The predicted octanol–water partition coefficient (Wildman–Crippen LogP) is 3.98. The standard InChI is InChI=1S/C17H22N2O2/c1-5-17(3,4)13-7-8-15(21-6-2)14(9-13)16-12(11-20)10-18-19-16/h7-11H,5-6H2,1-4H3,(H,18,19). The van der Waals surface area contributed by atoms with E-state index >= 15 is 0 Å². The van der Waals surface area contributed by atoms with Gasteiger partial charge in [0.2, 0.25) is 0 Å². The number of aromatic amines is 1. The number of hydrogen-bond donors (Lipinski definition) is 1. The number of aldehydes is 1. The zero-order valence-electron chi connectivity index (χ0n) is 13.1. The molecule has 4 heteroatoms. The molecule has 1 N–H and O–H groups in total. The summed E-state index contributed by atoms with van der Waals surface area (Å²) in [4.78, 5) is 11.2. The van der Waals surface area contributed by atoms with E-state index in [2.05, 4.69) is 43.1 Å². The molecule has 2 aromatic rings. The summed E-state index contributed by atoms with van der Waals surface area (Å²) in [6.07, 6.45) is 3.38. The molecule has 21 heavy (non-hydrogen) atoms. The number of benzene rings is 1. The highest BCUT2D eigenvalue weighted by Gasteiger charge is 2.21. The largest absolute Gasteiger partial charge is 0.493 e. The van der Waals surface area contributed by atoms with E-state index in [4.69, 9.17) is 4.74 Å². The van der Waals surface area contributed by atoms with Gasteiger partial charge in [-0.2, -0.15) is 5.10 Å². The molecule has 0 aliphatic rings. The fraction of sp³-hybridized carbons (Fsp3) is 0.412. The fourth-order valence-corrected chi connectivity index (χ4v) is 2.23. The van der Waals surface area contributed by atoms with Gasteiger partial charge in [-0.1, -0.05) is 26.8 Å². The highest BCUT2D eigenvalue weighted by Crippen LogP contribution is 2.36. The van der Waals surface area contributed by atoms with E-state index < -0.39 is 0 Å². The Hall–Kier alpha value is -2.10. The van der Waals surface area contributed by atoms with Crippen molar-refractivity contribution in [1.82, 2.24) is 10.2 Å². The second kappa shape index (κ2) is 6.12. The summed E-state index contributed by atoms with van der Waals surface area (Å²) in [6.45, 7) is 9.11. The van der Waals surface area contributed by atoms with Crippen LogP contribution in [0.25, 0.3) is 11.3 Å². The molecule has 2 rings (SSSR count). The summed E-state index contributed by atoms with van der Waals surface area (Å²) < 4.78 is 5.70. The molecular weight excluding hydrogens is 264 g/mol. The molecule has 0 atom stereocenters. The Kier molecular flexibility index (Phi) is 4.46. The first-order valence-corrected chi connectivity index (χ1v) is 7.29. The molecule has 0 spiro atoms. The quantitative estimate of drug-likeness (QED) is 0.817. The number of hydrogen-bond acceptors (Lipinski definition) is 3. The number of H-pyrrole nitrogens is 1. The molecular formula is C17H22N2O2. The number of ether oxygens (including phenoxy) is 1. The first-order chi connectivity index (χ1) is 10.0. The lowest BCUT2D eigenvalue weighted by atomic mass is 9.81. The molecule has 0 aliphatic heterocycles. The molecule has 0 saturated carbocycles. The van der Waals surface area contributed by atoms with E-state index in [9.17, 15) is 4.79 Å². The fourth-order valence-electron chi connectivity index (χ4n) is 2.23. The second-order valence-corrected chi connectivity index (χ2v) is 5.70. The summed E-state index contributed by atoms with van der Waals surface area (Å²) in [5, 5.41) is 6.88. The van der Waals surface area contributed by atoms with Crippen molar-refractivity contribution in [3.8, 4) is 17.0 Å². The third-order valence-corrected chi connectivity index (χ3v) is 4.01. The van der Waals surface area contributed by atoms with Crippen molar-refractivity contribution in [2.75, 3.05) is 6.61 Å². The number of aromatic nitrogens is 2. The van der Waals surface area contributed by atoms with E-state index in [1.807, 2.05) is 13.0 Å². The average molecular weight is 286 g/mol. The molecule has 0 aliphatic carbocycles. The molecule has 0 amide bonds. The Balaban J connectivity index is 2.60. The Morgan fingerprint density at radius 2 is 2.10 bits per heavy atom.